The number of aliphatic hydroxyl groups excluding tert-OH is 1. The Labute approximate surface area is 167 Å². The van der Waals surface area contributed by atoms with E-state index in [2.05, 4.69) is 43.3 Å². The van der Waals surface area contributed by atoms with E-state index in [9.17, 15) is 10.2 Å². The molecule has 0 aliphatic heterocycles. The second-order valence-electron chi connectivity index (χ2n) is 9.54. The van der Waals surface area contributed by atoms with Crippen LogP contribution < -0.4 is 0 Å². The van der Waals surface area contributed by atoms with Crippen LogP contribution in [-0.4, -0.2) is 29.5 Å². The van der Waals surface area contributed by atoms with Crippen molar-refractivity contribution in [2.24, 2.45) is 17.3 Å². The van der Waals surface area contributed by atoms with Gasteiger partial charge in [-0.1, -0.05) is 43.3 Å². The van der Waals surface area contributed by atoms with Gasteiger partial charge in [-0.3, -0.25) is 0 Å². The number of rotatable bonds is 2. The highest BCUT2D eigenvalue weighted by molar-refractivity contribution is 5.44. The number of methoxy groups -OCH3 is 1. The summed E-state index contributed by atoms with van der Waals surface area (Å²) < 4.78 is 6.10. The van der Waals surface area contributed by atoms with E-state index in [1.165, 1.54) is 16.7 Å². The van der Waals surface area contributed by atoms with Crippen molar-refractivity contribution in [1.29, 1.82) is 0 Å². The fraction of sp³-hybridized carbons (Fsp3) is 0.520. The predicted molar refractivity (Wildman–Crippen MR) is 109 cm³/mol. The van der Waals surface area contributed by atoms with Crippen LogP contribution in [0.5, 0.6) is 5.75 Å². The summed E-state index contributed by atoms with van der Waals surface area (Å²) in [4.78, 5) is 0. The van der Waals surface area contributed by atoms with Gasteiger partial charge >= 0.3 is 0 Å². The molecule has 0 spiro atoms. The van der Waals surface area contributed by atoms with Crippen molar-refractivity contribution in [1.82, 2.24) is 0 Å². The Bertz CT molecular complexity index is 863. The molecular formula is C25H30O3. The van der Waals surface area contributed by atoms with E-state index >= 15 is 0 Å². The Morgan fingerprint density at radius 3 is 2.61 bits per heavy atom. The van der Waals surface area contributed by atoms with Gasteiger partial charge < -0.3 is 14.9 Å². The molecule has 148 valence electrons. The van der Waals surface area contributed by atoms with Crippen molar-refractivity contribution >= 4 is 0 Å². The third-order valence-corrected chi connectivity index (χ3v) is 7.99. The molecule has 3 aliphatic carbocycles. The lowest BCUT2D eigenvalue weighted by Gasteiger charge is -2.55. The zero-order valence-corrected chi connectivity index (χ0v) is 16.7. The molecule has 0 amide bonds. The van der Waals surface area contributed by atoms with Crippen molar-refractivity contribution in [2.45, 2.75) is 56.7 Å². The van der Waals surface area contributed by atoms with Gasteiger partial charge in [-0.2, -0.15) is 0 Å². The fourth-order valence-electron chi connectivity index (χ4n) is 6.97. The zero-order valence-electron chi connectivity index (χ0n) is 16.7. The van der Waals surface area contributed by atoms with E-state index in [-0.39, 0.29) is 17.6 Å². The van der Waals surface area contributed by atoms with Crippen LogP contribution in [0, 0.1) is 17.3 Å². The number of aliphatic hydroxyl groups is 1. The molecule has 3 heteroatoms. The number of ether oxygens (including phenoxy) is 1. The van der Waals surface area contributed by atoms with E-state index in [1.54, 1.807) is 0 Å². The van der Waals surface area contributed by atoms with Crippen molar-refractivity contribution in [3.8, 4) is 5.75 Å². The van der Waals surface area contributed by atoms with Gasteiger partial charge in [-0.25, -0.2) is 0 Å². The quantitative estimate of drug-likeness (QED) is 0.801. The Balaban J connectivity index is 1.69. The van der Waals surface area contributed by atoms with Crippen LogP contribution >= 0.6 is 0 Å². The highest BCUT2D eigenvalue weighted by atomic mass is 16.5. The van der Waals surface area contributed by atoms with Crippen LogP contribution in [0.3, 0.4) is 0 Å². The molecule has 2 saturated carbocycles. The first-order chi connectivity index (χ1) is 13.5. The van der Waals surface area contributed by atoms with E-state index in [4.69, 9.17) is 4.74 Å². The maximum absolute atomic E-state index is 10.6. The van der Waals surface area contributed by atoms with Crippen LogP contribution in [0.4, 0.5) is 0 Å². The first-order valence-corrected chi connectivity index (χ1v) is 10.6. The SMILES string of the molecule is CO[C@H]1C[C@]2(C)C[C@@H](O)C[C@H]2[C@H]2[C@H]1c1ccc(O)cc1C[C@H]2c1ccccc1. The van der Waals surface area contributed by atoms with Gasteiger partial charge in [0.05, 0.1) is 12.2 Å². The van der Waals surface area contributed by atoms with Crippen LogP contribution in [-0.2, 0) is 11.2 Å². The second kappa shape index (κ2) is 6.60. The highest BCUT2D eigenvalue weighted by Gasteiger charge is 2.58. The van der Waals surface area contributed by atoms with Crippen molar-refractivity contribution in [3.05, 3.63) is 65.2 Å². The number of fused-ring (bicyclic) bond motifs is 5. The minimum atomic E-state index is -0.205. The average Bonchev–Trinajstić information content (AvgIpc) is 3.00. The molecule has 0 bridgehead atoms. The van der Waals surface area contributed by atoms with Crippen LogP contribution in [0.15, 0.2) is 48.5 Å². The van der Waals surface area contributed by atoms with Crippen molar-refractivity contribution in [2.75, 3.05) is 7.11 Å². The number of benzene rings is 2. The van der Waals surface area contributed by atoms with E-state index in [0.29, 0.717) is 29.4 Å². The van der Waals surface area contributed by atoms with Crippen molar-refractivity contribution in [3.63, 3.8) is 0 Å². The van der Waals surface area contributed by atoms with E-state index in [0.717, 1.165) is 25.7 Å². The lowest BCUT2D eigenvalue weighted by molar-refractivity contribution is -0.0641. The molecule has 2 fully saturated rings. The maximum atomic E-state index is 10.6. The Hall–Kier alpha value is -1.84. The summed E-state index contributed by atoms with van der Waals surface area (Å²) in [6, 6.07) is 16.7. The Morgan fingerprint density at radius 2 is 1.86 bits per heavy atom. The summed E-state index contributed by atoms with van der Waals surface area (Å²) in [5.41, 5.74) is 4.08. The molecule has 5 rings (SSSR count). The van der Waals surface area contributed by atoms with Gasteiger partial charge in [0.15, 0.2) is 0 Å². The minimum Gasteiger partial charge on any atom is -0.508 e. The largest absolute Gasteiger partial charge is 0.508 e. The Kier molecular flexibility index (Phi) is 4.29. The van der Waals surface area contributed by atoms with Gasteiger partial charge in [0, 0.05) is 13.0 Å². The minimum absolute atomic E-state index is 0.128. The first-order valence-electron chi connectivity index (χ1n) is 10.6. The van der Waals surface area contributed by atoms with Gasteiger partial charge in [-0.05, 0) is 77.7 Å². The first kappa shape index (κ1) is 18.2. The number of phenols is 1. The summed E-state index contributed by atoms with van der Waals surface area (Å²) in [5, 5.41) is 20.7. The molecule has 3 aliphatic rings. The molecule has 2 N–H and O–H groups in total. The predicted octanol–water partition coefficient (Wildman–Crippen LogP) is 4.63. The molecule has 0 aromatic heterocycles. The van der Waals surface area contributed by atoms with Crippen LogP contribution in [0.2, 0.25) is 0 Å². The smallest absolute Gasteiger partial charge is 0.115 e. The number of hydrogen-bond acceptors (Lipinski definition) is 3. The Morgan fingerprint density at radius 1 is 1.07 bits per heavy atom. The monoisotopic (exact) mass is 378 g/mol. The highest BCUT2D eigenvalue weighted by Crippen LogP contribution is 2.64. The zero-order chi connectivity index (χ0) is 19.5. The van der Waals surface area contributed by atoms with Crippen LogP contribution in [0.25, 0.3) is 0 Å². The van der Waals surface area contributed by atoms with Gasteiger partial charge in [0.2, 0.25) is 0 Å². The summed E-state index contributed by atoms with van der Waals surface area (Å²) in [6.07, 6.45) is 3.65. The van der Waals surface area contributed by atoms with Gasteiger partial charge in [-0.15, -0.1) is 0 Å². The molecule has 0 unspecified atom stereocenters. The molecule has 2 aromatic rings. The molecule has 3 nitrogen and oxygen atoms in total. The molecule has 0 saturated heterocycles. The lowest BCUT2D eigenvalue weighted by atomic mass is 9.51. The fourth-order valence-corrected chi connectivity index (χ4v) is 6.97. The topological polar surface area (TPSA) is 49.7 Å². The van der Waals surface area contributed by atoms with Crippen molar-refractivity contribution < 1.29 is 14.9 Å². The molecule has 28 heavy (non-hydrogen) atoms. The molecule has 2 aromatic carbocycles. The lowest BCUT2D eigenvalue weighted by Crippen LogP contribution is -2.50. The summed E-state index contributed by atoms with van der Waals surface area (Å²) >= 11 is 0. The van der Waals surface area contributed by atoms with Crippen LogP contribution in [0.1, 0.15) is 54.7 Å². The van der Waals surface area contributed by atoms with Gasteiger partial charge in [0.1, 0.15) is 5.75 Å². The van der Waals surface area contributed by atoms with Gasteiger partial charge in [0.25, 0.3) is 0 Å². The summed E-state index contributed by atoms with van der Waals surface area (Å²) in [5.74, 6) is 1.97. The normalized spacial score (nSPS) is 39.1. The maximum Gasteiger partial charge on any atom is 0.115 e. The third kappa shape index (κ3) is 2.71. The second-order valence-corrected chi connectivity index (χ2v) is 9.54. The third-order valence-electron chi connectivity index (χ3n) is 7.99. The standard InChI is InChI=1S/C25H30O3/c1-25-13-18(27)12-21(25)23-20(15-6-4-3-5-7-15)11-16-10-17(26)8-9-19(16)24(23)22(14-25)28-2/h3-10,18,20-24,26-27H,11-14H2,1-2H3/t18-,20-,21-,22-,23-,24-,25-/m0/s1. The summed E-state index contributed by atoms with van der Waals surface area (Å²) in [6.45, 7) is 2.37. The number of hydrogen-bond donors (Lipinski definition) is 2. The number of phenolic OH excluding ortho intramolecular Hbond substituents is 1. The summed E-state index contributed by atoms with van der Waals surface area (Å²) in [7, 11) is 1.84. The average molecular weight is 379 g/mol. The molecular weight excluding hydrogens is 348 g/mol. The molecule has 7 atom stereocenters. The van der Waals surface area contributed by atoms with E-state index < -0.39 is 0 Å². The molecule has 0 radical (unpaired) electrons. The molecule has 0 heterocycles. The van der Waals surface area contributed by atoms with E-state index in [1.807, 2.05) is 19.2 Å². The number of aromatic hydroxyl groups is 1.